The van der Waals surface area contributed by atoms with Crippen LogP contribution in [-0.2, 0) is 9.09 Å². The first kappa shape index (κ1) is 15.5. The molecule has 116 valence electrons. The van der Waals surface area contributed by atoms with Gasteiger partial charge >= 0.3 is 0 Å². The van der Waals surface area contributed by atoms with Crippen molar-refractivity contribution in [2.24, 2.45) is 5.92 Å². The first-order valence-electron chi connectivity index (χ1n) is 8.10. The molecule has 0 radical (unpaired) electrons. The fourth-order valence-electron chi connectivity index (χ4n) is 3.15. The van der Waals surface area contributed by atoms with Gasteiger partial charge in [-0.05, 0) is 43.0 Å². The quantitative estimate of drug-likeness (QED) is 0.776. The maximum Gasteiger partial charge on any atom is 0.261 e. The fourth-order valence-corrected chi connectivity index (χ4v) is 5.51. The van der Waals surface area contributed by atoms with Crippen molar-refractivity contribution in [2.45, 2.75) is 38.7 Å². The van der Waals surface area contributed by atoms with Gasteiger partial charge in [0, 0.05) is 10.6 Å². The van der Waals surface area contributed by atoms with Gasteiger partial charge in [0.2, 0.25) is 0 Å². The third-order valence-electron chi connectivity index (χ3n) is 4.51. The van der Waals surface area contributed by atoms with Gasteiger partial charge in [0.1, 0.15) is 0 Å². The number of rotatable bonds is 4. The lowest BCUT2D eigenvalue weighted by Gasteiger charge is -2.32. The Bertz CT molecular complexity index is 595. The van der Waals surface area contributed by atoms with E-state index in [1.54, 1.807) is 0 Å². The normalized spacial score (nSPS) is 22.4. The maximum absolute atomic E-state index is 13.8. The number of hydrogen-bond donors (Lipinski definition) is 0. The van der Waals surface area contributed by atoms with Crippen LogP contribution in [0.3, 0.4) is 0 Å². The second-order valence-electron chi connectivity index (χ2n) is 6.13. The lowest BCUT2D eigenvalue weighted by Crippen LogP contribution is -2.29. The first-order valence-corrected chi connectivity index (χ1v) is 9.72. The van der Waals surface area contributed by atoms with Gasteiger partial charge < -0.3 is 4.52 Å². The van der Waals surface area contributed by atoms with E-state index in [-0.39, 0.29) is 6.10 Å². The summed E-state index contributed by atoms with van der Waals surface area (Å²) < 4.78 is 20.1. The highest BCUT2D eigenvalue weighted by Crippen LogP contribution is 2.48. The monoisotopic (exact) mass is 314 g/mol. The van der Waals surface area contributed by atoms with Crippen molar-refractivity contribution in [3.8, 4) is 0 Å². The van der Waals surface area contributed by atoms with Crippen LogP contribution in [0.2, 0.25) is 0 Å². The lowest BCUT2D eigenvalue weighted by molar-refractivity contribution is 0.110. The Morgan fingerprint density at radius 3 is 1.86 bits per heavy atom. The molecule has 3 rings (SSSR count). The molecule has 0 heterocycles. The first-order chi connectivity index (χ1) is 10.7. The second kappa shape index (κ2) is 6.81. The SMILES string of the molecule is C[C@@H]1CCCC[C@@H]1OP(=O)(c1ccccc1)c1ccccc1. The molecule has 0 amide bonds. The highest BCUT2D eigenvalue weighted by molar-refractivity contribution is 7.74. The van der Waals surface area contributed by atoms with Crippen molar-refractivity contribution in [3.63, 3.8) is 0 Å². The van der Waals surface area contributed by atoms with E-state index in [4.69, 9.17) is 4.52 Å². The largest absolute Gasteiger partial charge is 0.318 e. The van der Waals surface area contributed by atoms with Crippen molar-refractivity contribution < 1.29 is 9.09 Å². The van der Waals surface area contributed by atoms with E-state index in [1.165, 1.54) is 12.8 Å². The summed E-state index contributed by atoms with van der Waals surface area (Å²) in [5.74, 6) is 0.467. The molecular weight excluding hydrogens is 291 g/mol. The van der Waals surface area contributed by atoms with Crippen LogP contribution < -0.4 is 10.6 Å². The summed E-state index contributed by atoms with van der Waals surface area (Å²) in [4.78, 5) is 0. The molecule has 1 saturated carbocycles. The maximum atomic E-state index is 13.8. The predicted molar refractivity (Wildman–Crippen MR) is 92.3 cm³/mol. The molecule has 2 atom stereocenters. The second-order valence-corrected chi connectivity index (χ2v) is 8.47. The summed E-state index contributed by atoms with van der Waals surface area (Å²) >= 11 is 0. The fraction of sp³-hybridized carbons (Fsp3) is 0.368. The molecule has 1 aliphatic rings. The van der Waals surface area contributed by atoms with E-state index in [0.717, 1.165) is 23.5 Å². The molecule has 0 aliphatic heterocycles. The molecule has 1 aliphatic carbocycles. The van der Waals surface area contributed by atoms with E-state index in [1.807, 2.05) is 60.7 Å². The van der Waals surface area contributed by atoms with E-state index < -0.39 is 7.37 Å². The van der Waals surface area contributed by atoms with Crippen LogP contribution in [-0.4, -0.2) is 6.10 Å². The summed E-state index contributed by atoms with van der Waals surface area (Å²) in [6.07, 6.45) is 4.67. The standard InChI is InChI=1S/C19H23O2P/c1-16-10-8-9-15-19(16)21-22(20,17-11-4-2-5-12-17)18-13-6-3-7-14-18/h2-7,11-14,16,19H,8-10,15H2,1H3/t16-,19+/m1/s1. The summed E-state index contributed by atoms with van der Waals surface area (Å²) in [7, 11) is -3.03. The zero-order valence-corrected chi connectivity index (χ0v) is 13.9. The van der Waals surface area contributed by atoms with E-state index in [2.05, 4.69) is 6.92 Å². The Morgan fingerprint density at radius 1 is 0.864 bits per heavy atom. The van der Waals surface area contributed by atoms with Crippen molar-refractivity contribution in [1.29, 1.82) is 0 Å². The van der Waals surface area contributed by atoms with Crippen molar-refractivity contribution in [2.75, 3.05) is 0 Å². The van der Waals surface area contributed by atoms with Crippen molar-refractivity contribution in [1.82, 2.24) is 0 Å². The highest BCUT2D eigenvalue weighted by atomic mass is 31.2. The Balaban J connectivity index is 1.98. The average molecular weight is 314 g/mol. The minimum atomic E-state index is -3.03. The molecule has 0 bridgehead atoms. The minimum Gasteiger partial charge on any atom is -0.318 e. The van der Waals surface area contributed by atoms with Gasteiger partial charge in [0.15, 0.2) is 0 Å². The van der Waals surface area contributed by atoms with Crippen molar-refractivity contribution in [3.05, 3.63) is 60.7 Å². The third-order valence-corrected chi connectivity index (χ3v) is 7.03. The third kappa shape index (κ3) is 3.19. The van der Waals surface area contributed by atoms with Crippen LogP contribution in [0.25, 0.3) is 0 Å². The summed E-state index contributed by atoms with van der Waals surface area (Å²) in [5, 5.41) is 1.58. The van der Waals surface area contributed by atoms with Gasteiger partial charge in [-0.15, -0.1) is 0 Å². The van der Waals surface area contributed by atoms with Gasteiger partial charge in [-0.2, -0.15) is 0 Å². The van der Waals surface area contributed by atoms with Gasteiger partial charge in [-0.25, -0.2) is 0 Å². The molecule has 0 N–H and O–H groups in total. The molecule has 2 aromatic rings. The molecule has 2 aromatic carbocycles. The predicted octanol–water partition coefficient (Wildman–Crippen LogP) is 4.51. The van der Waals surface area contributed by atoms with Crippen LogP contribution in [0.15, 0.2) is 60.7 Å². The molecule has 3 heteroatoms. The van der Waals surface area contributed by atoms with Gasteiger partial charge in [-0.1, -0.05) is 56.2 Å². The van der Waals surface area contributed by atoms with Gasteiger partial charge in [0.25, 0.3) is 7.37 Å². The molecule has 1 fully saturated rings. The van der Waals surface area contributed by atoms with Gasteiger partial charge in [-0.3, -0.25) is 4.57 Å². The van der Waals surface area contributed by atoms with E-state index in [9.17, 15) is 4.57 Å². The smallest absolute Gasteiger partial charge is 0.261 e. The van der Waals surface area contributed by atoms with Crippen LogP contribution >= 0.6 is 7.37 Å². The van der Waals surface area contributed by atoms with Crippen LogP contribution in [0.1, 0.15) is 32.6 Å². The molecule has 2 nitrogen and oxygen atoms in total. The Morgan fingerprint density at radius 2 is 1.36 bits per heavy atom. The molecule has 0 aromatic heterocycles. The summed E-state index contributed by atoms with van der Waals surface area (Å²) in [5.41, 5.74) is 0. The molecule has 0 saturated heterocycles. The van der Waals surface area contributed by atoms with E-state index >= 15 is 0 Å². The number of hydrogen-bond acceptors (Lipinski definition) is 2. The van der Waals surface area contributed by atoms with Crippen LogP contribution in [0.5, 0.6) is 0 Å². The molecule has 0 unspecified atom stereocenters. The summed E-state index contributed by atoms with van der Waals surface area (Å²) in [6.45, 7) is 2.21. The molecule has 22 heavy (non-hydrogen) atoms. The lowest BCUT2D eigenvalue weighted by atomic mass is 9.88. The number of benzene rings is 2. The zero-order valence-electron chi connectivity index (χ0n) is 13.0. The van der Waals surface area contributed by atoms with Crippen LogP contribution in [0, 0.1) is 5.92 Å². The summed E-state index contributed by atoms with van der Waals surface area (Å²) in [6, 6.07) is 19.3. The minimum absolute atomic E-state index is 0.0833. The van der Waals surface area contributed by atoms with Crippen LogP contribution in [0.4, 0.5) is 0 Å². The van der Waals surface area contributed by atoms with Crippen molar-refractivity contribution >= 4 is 18.0 Å². The Hall–Kier alpha value is -1.37. The Kier molecular flexibility index (Phi) is 4.81. The van der Waals surface area contributed by atoms with Gasteiger partial charge in [0.05, 0.1) is 6.10 Å². The molecule has 0 spiro atoms. The Labute approximate surface area is 133 Å². The molecular formula is C19H23O2P. The average Bonchev–Trinajstić information content (AvgIpc) is 2.58. The highest BCUT2D eigenvalue weighted by Gasteiger charge is 2.34. The topological polar surface area (TPSA) is 26.3 Å². The zero-order chi connectivity index (χ0) is 15.4. The van der Waals surface area contributed by atoms with E-state index in [0.29, 0.717) is 5.92 Å².